The maximum Gasteiger partial charge on any atom is 0.261 e. The van der Waals surface area contributed by atoms with E-state index in [0.717, 1.165) is 17.5 Å². The number of nitrogens with zero attached hydrogens (tertiary/aromatic N) is 1. The lowest BCUT2D eigenvalue weighted by Crippen LogP contribution is -2.35. The molecule has 3 rings (SSSR count). The number of carbonyl (C=O) groups excluding carboxylic acids is 2. The Labute approximate surface area is 171 Å². The fraction of sp³-hybridized carbons (Fsp3) is 0.333. The van der Waals surface area contributed by atoms with Crippen LogP contribution in [0.1, 0.15) is 37.8 Å². The van der Waals surface area contributed by atoms with Crippen molar-refractivity contribution in [3.8, 4) is 0 Å². The first kappa shape index (κ1) is 20.9. The van der Waals surface area contributed by atoms with Gasteiger partial charge in [0.2, 0.25) is 11.8 Å². The lowest BCUT2D eigenvalue weighted by atomic mass is 9.99. The van der Waals surface area contributed by atoms with Gasteiger partial charge in [-0.05, 0) is 53.9 Å². The first-order valence-electron chi connectivity index (χ1n) is 9.64. The molecule has 29 heavy (non-hydrogen) atoms. The van der Waals surface area contributed by atoms with Crippen LogP contribution in [0.5, 0.6) is 0 Å². The predicted octanol–water partition coefficient (Wildman–Crippen LogP) is 3.13. The number of amides is 2. The third-order valence-electron chi connectivity index (χ3n) is 4.90. The van der Waals surface area contributed by atoms with Gasteiger partial charge in [-0.2, -0.15) is 0 Å². The molecule has 0 saturated carbocycles. The van der Waals surface area contributed by atoms with Crippen LogP contribution in [0.25, 0.3) is 0 Å². The largest absolute Gasteiger partial charge is 0.338 e. The summed E-state index contributed by atoms with van der Waals surface area (Å²) in [6, 6.07) is 11.5. The van der Waals surface area contributed by atoms with Crippen LogP contribution < -0.4 is 10.0 Å². The van der Waals surface area contributed by atoms with E-state index in [4.69, 9.17) is 0 Å². The van der Waals surface area contributed by atoms with E-state index < -0.39 is 10.0 Å². The van der Waals surface area contributed by atoms with Gasteiger partial charge >= 0.3 is 0 Å². The van der Waals surface area contributed by atoms with Gasteiger partial charge in [0, 0.05) is 37.3 Å². The summed E-state index contributed by atoms with van der Waals surface area (Å²) in [4.78, 5) is 25.3. The lowest BCUT2D eigenvalue weighted by molar-refractivity contribution is -0.131. The molecule has 1 heterocycles. The van der Waals surface area contributed by atoms with Crippen LogP contribution in [0, 0.1) is 0 Å². The summed E-state index contributed by atoms with van der Waals surface area (Å²) in [5.74, 6) is -0.0414. The van der Waals surface area contributed by atoms with Crippen LogP contribution in [-0.4, -0.2) is 31.7 Å². The molecule has 0 aliphatic carbocycles. The topological polar surface area (TPSA) is 95.6 Å². The zero-order valence-corrected chi connectivity index (χ0v) is 17.4. The monoisotopic (exact) mass is 415 g/mol. The van der Waals surface area contributed by atoms with Gasteiger partial charge in [0.15, 0.2) is 0 Å². The number of carbonyl (C=O) groups is 2. The van der Waals surface area contributed by atoms with Crippen molar-refractivity contribution in [2.24, 2.45) is 0 Å². The molecule has 1 aliphatic rings. The zero-order chi connectivity index (χ0) is 21.0. The number of benzene rings is 2. The van der Waals surface area contributed by atoms with E-state index in [1.54, 1.807) is 36.1 Å². The van der Waals surface area contributed by atoms with Crippen LogP contribution in [0.2, 0.25) is 0 Å². The molecule has 0 radical (unpaired) electrons. The van der Waals surface area contributed by atoms with E-state index >= 15 is 0 Å². The summed E-state index contributed by atoms with van der Waals surface area (Å²) in [5, 5.41) is 2.69. The van der Waals surface area contributed by atoms with Crippen molar-refractivity contribution in [3.63, 3.8) is 0 Å². The van der Waals surface area contributed by atoms with Gasteiger partial charge in [-0.25, -0.2) is 8.42 Å². The number of hydrogen-bond acceptors (Lipinski definition) is 4. The molecule has 154 valence electrons. The van der Waals surface area contributed by atoms with Crippen LogP contribution in [-0.2, 0) is 32.6 Å². The van der Waals surface area contributed by atoms with E-state index in [0.29, 0.717) is 37.3 Å². The highest BCUT2D eigenvalue weighted by Crippen LogP contribution is 2.25. The Morgan fingerprint density at radius 3 is 2.31 bits per heavy atom. The molecule has 2 N–H and O–H groups in total. The predicted molar refractivity (Wildman–Crippen MR) is 112 cm³/mol. The second-order valence-corrected chi connectivity index (χ2v) is 8.62. The summed E-state index contributed by atoms with van der Waals surface area (Å²) in [7, 11) is -3.77. The Morgan fingerprint density at radius 1 is 0.966 bits per heavy atom. The summed E-state index contributed by atoms with van der Waals surface area (Å²) >= 11 is 0. The van der Waals surface area contributed by atoms with E-state index in [9.17, 15) is 18.0 Å². The Hall–Kier alpha value is -2.87. The Kier molecular flexibility index (Phi) is 6.22. The molecule has 2 amide bonds. The fourth-order valence-electron chi connectivity index (χ4n) is 3.24. The van der Waals surface area contributed by atoms with Crippen molar-refractivity contribution >= 4 is 33.2 Å². The summed E-state index contributed by atoms with van der Waals surface area (Å²) < 4.78 is 28.0. The van der Waals surface area contributed by atoms with E-state index in [1.807, 2.05) is 13.0 Å². The van der Waals surface area contributed by atoms with Crippen molar-refractivity contribution in [3.05, 3.63) is 53.6 Å². The van der Waals surface area contributed by atoms with Crippen molar-refractivity contribution in [1.29, 1.82) is 0 Å². The third kappa shape index (κ3) is 4.95. The summed E-state index contributed by atoms with van der Waals surface area (Å²) in [5.41, 5.74) is 3.09. The van der Waals surface area contributed by atoms with Gasteiger partial charge in [0.25, 0.3) is 10.0 Å². The molecule has 2 aromatic carbocycles. The number of fused-ring (bicyclic) bond motifs is 1. The average Bonchev–Trinajstić information content (AvgIpc) is 2.72. The minimum atomic E-state index is -3.77. The molecule has 0 spiro atoms. The van der Waals surface area contributed by atoms with E-state index in [1.165, 1.54) is 12.1 Å². The van der Waals surface area contributed by atoms with E-state index in [2.05, 4.69) is 10.0 Å². The van der Waals surface area contributed by atoms with Gasteiger partial charge in [-0.3, -0.25) is 14.3 Å². The highest BCUT2D eigenvalue weighted by molar-refractivity contribution is 7.92. The maximum atomic E-state index is 12.7. The maximum absolute atomic E-state index is 12.7. The SMILES string of the molecule is CCC(=O)Nc1ccc(S(=O)(=O)Nc2ccc3c(c2)CN(C(=O)CC)CC3)cc1. The molecular formula is C21H25N3O4S. The third-order valence-corrected chi connectivity index (χ3v) is 6.29. The Bertz CT molecular complexity index is 1020. The quantitative estimate of drug-likeness (QED) is 0.758. The number of nitrogens with one attached hydrogen (secondary N) is 2. The highest BCUT2D eigenvalue weighted by atomic mass is 32.2. The van der Waals surface area contributed by atoms with Crippen LogP contribution in [0.15, 0.2) is 47.4 Å². The lowest BCUT2D eigenvalue weighted by Gasteiger charge is -2.29. The molecule has 8 heteroatoms. The number of anilines is 2. The van der Waals surface area contributed by atoms with Gasteiger partial charge < -0.3 is 10.2 Å². The first-order valence-corrected chi connectivity index (χ1v) is 11.1. The van der Waals surface area contributed by atoms with Crippen molar-refractivity contribution in [2.45, 2.75) is 44.6 Å². The molecule has 2 aromatic rings. The smallest absolute Gasteiger partial charge is 0.261 e. The average molecular weight is 416 g/mol. The second-order valence-electron chi connectivity index (χ2n) is 6.93. The molecule has 1 aliphatic heterocycles. The van der Waals surface area contributed by atoms with Crippen LogP contribution in [0.4, 0.5) is 11.4 Å². The zero-order valence-electron chi connectivity index (χ0n) is 16.6. The standard InChI is InChI=1S/C21H25N3O4S/c1-3-20(25)22-17-7-9-19(10-8-17)29(27,28)23-18-6-5-15-11-12-24(21(26)4-2)14-16(15)13-18/h5-10,13,23H,3-4,11-12,14H2,1-2H3,(H,22,25). The molecule has 0 bridgehead atoms. The Balaban J connectivity index is 1.75. The molecule has 0 fully saturated rings. The minimum Gasteiger partial charge on any atom is -0.338 e. The first-order chi connectivity index (χ1) is 13.8. The molecule has 0 unspecified atom stereocenters. The highest BCUT2D eigenvalue weighted by Gasteiger charge is 2.21. The molecule has 0 aromatic heterocycles. The van der Waals surface area contributed by atoms with Crippen molar-refractivity contribution < 1.29 is 18.0 Å². The fourth-order valence-corrected chi connectivity index (χ4v) is 4.29. The number of rotatable bonds is 6. The summed E-state index contributed by atoms with van der Waals surface area (Å²) in [6.45, 7) is 4.75. The molecule has 7 nitrogen and oxygen atoms in total. The molecular weight excluding hydrogens is 390 g/mol. The molecule has 0 atom stereocenters. The van der Waals surface area contributed by atoms with Crippen LogP contribution >= 0.6 is 0 Å². The van der Waals surface area contributed by atoms with Gasteiger partial charge in [0.1, 0.15) is 0 Å². The molecule has 0 saturated heterocycles. The van der Waals surface area contributed by atoms with E-state index in [-0.39, 0.29) is 16.7 Å². The number of sulfonamides is 1. The van der Waals surface area contributed by atoms with Crippen molar-refractivity contribution in [1.82, 2.24) is 4.90 Å². The normalized spacial score (nSPS) is 13.5. The number of hydrogen-bond donors (Lipinski definition) is 2. The summed E-state index contributed by atoms with van der Waals surface area (Å²) in [6.07, 6.45) is 1.57. The minimum absolute atomic E-state index is 0.0943. The van der Waals surface area contributed by atoms with Gasteiger partial charge in [-0.15, -0.1) is 0 Å². The Morgan fingerprint density at radius 2 is 1.66 bits per heavy atom. The van der Waals surface area contributed by atoms with Crippen LogP contribution in [0.3, 0.4) is 0 Å². The van der Waals surface area contributed by atoms with Crippen molar-refractivity contribution in [2.75, 3.05) is 16.6 Å². The van der Waals surface area contributed by atoms with Gasteiger partial charge in [-0.1, -0.05) is 19.9 Å². The second kappa shape index (κ2) is 8.65. The van der Waals surface area contributed by atoms with Gasteiger partial charge in [0.05, 0.1) is 4.90 Å².